The zero-order chi connectivity index (χ0) is 18.4. The Balaban J connectivity index is 2.05. The predicted molar refractivity (Wildman–Crippen MR) is 86.0 cm³/mol. The van der Waals surface area contributed by atoms with Gasteiger partial charge in [0.25, 0.3) is 5.91 Å². The monoisotopic (exact) mass is 351 g/mol. The van der Waals surface area contributed by atoms with Gasteiger partial charge in [-0.2, -0.15) is 13.2 Å². The maximum Gasteiger partial charge on any atom is 0.416 e. The topological polar surface area (TPSA) is 62.3 Å². The van der Waals surface area contributed by atoms with Gasteiger partial charge in [0.2, 0.25) is 5.91 Å². The van der Waals surface area contributed by atoms with Crippen LogP contribution in [-0.4, -0.2) is 29.9 Å². The van der Waals surface area contributed by atoms with Crippen LogP contribution in [0.2, 0.25) is 0 Å². The number of halogens is 3. The molecule has 0 atom stereocenters. The van der Waals surface area contributed by atoms with Crippen molar-refractivity contribution in [2.45, 2.75) is 13.1 Å². The van der Waals surface area contributed by atoms with Crippen LogP contribution in [0.25, 0.3) is 0 Å². The average molecular weight is 351 g/mol. The molecule has 8 heteroatoms. The van der Waals surface area contributed by atoms with Gasteiger partial charge in [-0.3, -0.25) is 14.6 Å². The lowest BCUT2D eigenvalue weighted by Crippen LogP contribution is -2.37. The molecule has 2 rings (SSSR count). The third-order valence-electron chi connectivity index (χ3n) is 3.41. The number of aromatic nitrogens is 1. The van der Waals surface area contributed by atoms with Crippen LogP contribution in [0.15, 0.2) is 48.8 Å². The number of carbonyl (C=O) groups excluding carboxylic acids is 2. The number of anilines is 1. The van der Waals surface area contributed by atoms with Gasteiger partial charge in [0.15, 0.2) is 0 Å². The highest BCUT2D eigenvalue weighted by Gasteiger charge is 2.31. The first-order valence-electron chi connectivity index (χ1n) is 7.42. The largest absolute Gasteiger partial charge is 0.416 e. The van der Waals surface area contributed by atoms with Crippen molar-refractivity contribution in [2.75, 3.05) is 18.0 Å². The molecule has 1 heterocycles. The number of alkyl halides is 3. The van der Waals surface area contributed by atoms with E-state index in [1.165, 1.54) is 36.4 Å². The molecule has 2 aromatic rings. The lowest BCUT2D eigenvalue weighted by molar-refractivity contribution is -0.137. The van der Waals surface area contributed by atoms with Crippen molar-refractivity contribution >= 4 is 17.5 Å². The molecule has 0 aliphatic heterocycles. The fourth-order valence-corrected chi connectivity index (χ4v) is 2.20. The smallest absolute Gasteiger partial charge is 0.350 e. The number of rotatable bonds is 5. The molecular weight excluding hydrogens is 335 g/mol. The van der Waals surface area contributed by atoms with Gasteiger partial charge >= 0.3 is 6.18 Å². The average Bonchev–Trinajstić information content (AvgIpc) is 2.58. The number of amides is 2. The van der Waals surface area contributed by atoms with Crippen molar-refractivity contribution in [3.8, 4) is 0 Å². The predicted octanol–water partition coefficient (Wildman–Crippen LogP) is 2.88. The van der Waals surface area contributed by atoms with Gasteiger partial charge < -0.3 is 10.2 Å². The second-order valence-electron chi connectivity index (χ2n) is 5.22. The van der Waals surface area contributed by atoms with Crippen molar-refractivity contribution in [2.24, 2.45) is 0 Å². The first kappa shape index (κ1) is 18.4. The van der Waals surface area contributed by atoms with E-state index in [1.54, 1.807) is 12.1 Å². The minimum absolute atomic E-state index is 0.0443. The van der Waals surface area contributed by atoms with Gasteiger partial charge in [-0.05, 0) is 30.3 Å². The Hall–Kier alpha value is -2.90. The Bertz CT molecular complexity index is 748. The van der Waals surface area contributed by atoms with Gasteiger partial charge in [-0.25, -0.2) is 0 Å². The Morgan fingerprint density at radius 2 is 1.96 bits per heavy atom. The molecule has 1 N–H and O–H groups in total. The van der Waals surface area contributed by atoms with E-state index in [-0.39, 0.29) is 24.7 Å². The summed E-state index contributed by atoms with van der Waals surface area (Å²) in [5.41, 5.74) is -0.357. The van der Waals surface area contributed by atoms with Gasteiger partial charge in [-0.1, -0.05) is 6.07 Å². The number of hydrogen-bond acceptors (Lipinski definition) is 3. The van der Waals surface area contributed by atoms with Gasteiger partial charge in [0, 0.05) is 38.1 Å². The summed E-state index contributed by atoms with van der Waals surface area (Å²) < 4.78 is 38.4. The molecule has 0 unspecified atom stereocenters. The summed E-state index contributed by atoms with van der Waals surface area (Å²) in [7, 11) is 0. The quantitative estimate of drug-likeness (QED) is 0.901. The van der Waals surface area contributed by atoms with E-state index >= 15 is 0 Å². The summed E-state index contributed by atoms with van der Waals surface area (Å²) in [6.45, 7) is 1.38. The van der Waals surface area contributed by atoms with E-state index in [0.29, 0.717) is 5.56 Å². The van der Waals surface area contributed by atoms with E-state index in [9.17, 15) is 22.8 Å². The number of nitrogens with zero attached hydrogens (tertiary/aromatic N) is 2. The maximum absolute atomic E-state index is 12.8. The minimum atomic E-state index is -4.49. The van der Waals surface area contributed by atoms with Crippen molar-refractivity contribution in [1.29, 1.82) is 0 Å². The van der Waals surface area contributed by atoms with Crippen molar-refractivity contribution in [3.63, 3.8) is 0 Å². The summed E-state index contributed by atoms with van der Waals surface area (Å²) in [5, 5.41) is 2.60. The maximum atomic E-state index is 12.8. The molecular formula is C17H16F3N3O2. The van der Waals surface area contributed by atoms with Crippen LogP contribution in [0.4, 0.5) is 18.9 Å². The molecule has 1 aromatic heterocycles. The number of carbonyl (C=O) groups is 2. The number of hydrogen-bond donors (Lipinski definition) is 1. The van der Waals surface area contributed by atoms with Crippen molar-refractivity contribution in [1.82, 2.24) is 10.3 Å². The lowest BCUT2D eigenvalue weighted by Gasteiger charge is -2.22. The number of pyridine rings is 1. The fourth-order valence-electron chi connectivity index (χ4n) is 2.20. The highest BCUT2D eigenvalue weighted by atomic mass is 19.4. The Morgan fingerprint density at radius 1 is 1.20 bits per heavy atom. The summed E-state index contributed by atoms with van der Waals surface area (Å²) in [5.74, 6) is -0.796. The Labute approximate surface area is 142 Å². The third kappa shape index (κ3) is 5.03. The molecule has 2 amide bonds. The normalized spacial score (nSPS) is 11.0. The van der Waals surface area contributed by atoms with Crippen molar-refractivity contribution < 1.29 is 22.8 Å². The Morgan fingerprint density at radius 3 is 2.56 bits per heavy atom. The zero-order valence-corrected chi connectivity index (χ0v) is 13.4. The van der Waals surface area contributed by atoms with Crippen LogP contribution in [0.5, 0.6) is 0 Å². The van der Waals surface area contributed by atoms with E-state index in [2.05, 4.69) is 10.3 Å². The van der Waals surface area contributed by atoms with E-state index < -0.39 is 17.6 Å². The van der Waals surface area contributed by atoms with Crippen LogP contribution < -0.4 is 10.2 Å². The third-order valence-corrected chi connectivity index (χ3v) is 3.41. The molecule has 0 aliphatic rings. The first-order chi connectivity index (χ1) is 11.8. The van der Waals surface area contributed by atoms with Gasteiger partial charge in [0.05, 0.1) is 11.1 Å². The van der Waals surface area contributed by atoms with E-state index in [4.69, 9.17) is 0 Å². The first-order valence-corrected chi connectivity index (χ1v) is 7.42. The molecule has 5 nitrogen and oxygen atoms in total. The minimum Gasteiger partial charge on any atom is -0.350 e. The number of nitrogens with one attached hydrogen (secondary N) is 1. The molecule has 0 radical (unpaired) electrons. The van der Waals surface area contributed by atoms with Crippen molar-refractivity contribution in [3.05, 3.63) is 59.9 Å². The zero-order valence-electron chi connectivity index (χ0n) is 13.4. The highest BCUT2D eigenvalue weighted by molar-refractivity contribution is 5.94. The molecule has 0 saturated carbocycles. The summed E-state index contributed by atoms with van der Waals surface area (Å²) in [6.07, 6.45) is -1.57. The molecule has 0 saturated heterocycles. The second-order valence-corrected chi connectivity index (χ2v) is 5.22. The molecule has 0 bridgehead atoms. The van der Waals surface area contributed by atoms with Crippen LogP contribution in [-0.2, 0) is 11.0 Å². The van der Waals surface area contributed by atoms with E-state index in [0.717, 1.165) is 12.1 Å². The molecule has 0 spiro atoms. The number of benzene rings is 1. The van der Waals surface area contributed by atoms with Gasteiger partial charge in [0.1, 0.15) is 0 Å². The molecule has 0 fully saturated rings. The fraction of sp³-hybridized carbons (Fsp3) is 0.235. The summed E-state index contributed by atoms with van der Waals surface area (Å²) in [4.78, 5) is 28.7. The highest BCUT2D eigenvalue weighted by Crippen LogP contribution is 2.31. The SMILES string of the molecule is CC(=O)N(CCNC(=O)c1cccnc1)c1cccc(C(F)(F)F)c1. The Kier molecular flexibility index (Phi) is 5.74. The molecule has 0 aliphatic carbocycles. The molecule has 1 aromatic carbocycles. The molecule has 132 valence electrons. The van der Waals surface area contributed by atoms with Crippen LogP contribution in [0.1, 0.15) is 22.8 Å². The van der Waals surface area contributed by atoms with Crippen LogP contribution >= 0.6 is 0 Å². The summed E-state index contributed by atoms with van der Waals surface area (Å²) in [6, 6.07) is 7.69. The van der Waals surface area contributed by atoms with E-state index in [1.807, 2.05) is 0 Å². The van der Waals surface area contributed by atoms with Crippen LogP contribution in [0, 0.1) is 0 Å². The molecule has 25 heavy (non-hydrogen) atoms. The van der Waals surface area contributed by atoms with Crippen LogP contribution in [0.3, 0.4) is 0 Å². The summed E-state index contributed by atoms with van der Waals surface area (Å²) >= 11 is 0. The second kappa shape index (κ2) is 7.78. The standard InChI is InChI=1S/C17H16F3N3O2/c1-12(24)23(15-6-2-5-14(10-15)17(18,19)20)9-8-22-16(25)13-4-3-7-21-11-13/h2-7,10-11H,8-9H2,1H3,(H,22,25). The van der Waals surface area contributed by atoms with Gasteiger partial charge in [-0.15, -0.1) is 0 Å². The lowest BCUT2D eigenvalue weighted by atomic mass is 10.1.